The number of benzene rings is 1. The Bertz CT molecular complexity index is 542. The van der Waals surface area contributed by atoms with Gasteiger partial charge in [-0.25, -0.2) is 0 Å². The summed E-state index contributed by atoms with van der Waals surface area (Å²) >= 11 is 0. The molecule has 0 saturated heterocycles. The molecule has 2 rings (SSSR count). The minimum Gasteiger partial charge on any atom is -0.393 e. The fourth-order valence-corrected chi connectivity index (χ4v) is 2.16. The average molecular weight is 257 g/mol. The van der Waals surface area contributed by atoms with Crippen molar-refractivity contribution in [3.8, 4) is 0 Å². The normalized spacial score (nSPS) is 13.7. The van der Waals surface area contributed by atoms with Crippen molar-refractivity contribution in [2.75, 3.05) is 0 Å². The van der Waals surface area contributed by atoms with E-state index in [1.165, 1.54) is 5.39 Å². The lowest BCUT2D eigenvalue weighted by molar-refractivity contribution is 0.0540. The van der Waals surface area contributed by atoms with Crippen molar-refractivity contribution < 1.29 is 5.11 Å². The van der Waals surface area contributed by atoms with Crippen LogP contribution in [0.25, 0.3) is 10.9 Å². The molecule has 1 aromatic carbocycles. The van der Waals surface area contributed by atoms with Crippen molar-refractivity contribution in [1.29, 1.82) is 0 Å². The molecule has 2 nitrogen and oxygen atoms in total. The van der Waals surface area contributed by atoms with Crippen LogP contribution in [0, 0.1) is 5.41 Å². The highest BCUT2D eigenvalue weighted by atomic mass is 16.3. The summed E-state index contributed by atoms with van der Waals surface area (Å²) in [5, 5.41) is 11.2. The topological polar surface area (TPSA) is 33.1 Å². The van der Waals surface area contributed by atoms with Gasteiger partial charge in [-0.15, -0.1) is 0 Å². The van der Waals surface area contributed by atoms with Gasteiger partial charge >= 0.3 is 0 Å². The Balaban J connectivity index is 1.95. The van der Waals surface area contributed by atoms with Crippen LogP contribution in [-0.2, 0) is 6.42 Å². The quantitative estimate of drug-likeness (QED) is 0.899. The van der Waals surface area contributed by atoms with Crippen molar-refractivity contribution in [3.63, 3.8) is 0 Å². The number of aryl methyl sites for hydroxylation is 1. The Morgan fingerprint density at radius 1 is 1.11 bits per heavy atom. The monoisotopic (exact) mass is 257 g/mol. The molecular weight excluding hydrogens is 234 g/mol. The van der Waals surface area contributed by atoms with Gasteiger partial charge in [-0.3, -0.25) is 4.98 Å². The summed E-state index contributed by atoms with van der Waals surface area (Å²) in [6.45, 7) is 6.23. The standard InChI is InChI=1S/C17H23NO/c1-17(2,3)16(19)10-6-8-14-12-11-13-7-4-5-9-15(13)18-14/h4-5,7,9,11-12,16,19H,6,8,10H2,1-3H3. The fraction of sp³-hybridized carbons (Fsp3) is 0.471. The summed E-state index contributed by atoms with van der Waals surface area (Å²) in [4.78, 5) is 4.65. The molecule has 0 fully saturated rings. The van der Waals surface area contributed by atoms with Crippen LogP contribution in [0.5, 0.6) is 0 Å². The third kappa shape index (κ3) is 3.77. The van der Waals surface area contributed by atoms with Gasteiger partial charge in [-0.2, -0.15) is 0 Å². The molecule has 0 saturated carbocycles. The third-order valence-corrected chi connectivity index (χ3v) is 3.57. The summed E-state index contributed by atoms with van der Waals surface area (Å²) in [5.41, 5.74) is 2.13. The molecule has 0 aliphatic rings. The predicted molar refractivity (Wildman–Crippen MR) is 80.1 cm³/mol. The van der Waals surface area contributed by atoms with Gasteiger partial charge in [0, 0.05) is 11.1 Å². The van der Waals surface area contributed by atoms with E-state index in [-0.39, 0.29) is 11.5 Å². The van der Waals surface area contributed by atoms with Crippen LogP contribution in [0.2, 0.25) is 0 Å². The van der Waals surface area contributed by atoms with E-state index in [1.807, 2.05) is 18.2 Å². The average Bonchev–Trinajstić information content (AvgIpc) is 2.37. The number of hydrogen-bond donors (Lipinski definition) is 1. The van der Waals surface area contributed by atoms with E-state index in [0.717, 1.165) is 30.5 Å². The molecule has 0 aliphatic heterocycles. The molecule has 0 aliphatic carbocycles. The summed E-state index contributed by atoms with van der Waals surface area (Å²) in [7, 11) is 0. The molecule has 2 heteroatoms. The molecule has 0 amide bonds. The van der Waals surface area contributed by atoms with Gasteiger partial charge in [0.15, 0.2) is 0 Å². The van der Waals surface area contributed by atoms with E-state index in [9.17, 15) is 5.11 Å². The van der Waals surface area contributed by atoms with E-state index in [0.29, 0.717) is 0 Å². The van der Waals surface area contributed by atoms with Gasteiger partial charge in [0.1, 0.15) is 0 Å². The number of aliphatic hydroxyl groups is 1. The van der Waals surface area contributed by atoms with Crippen LogP contribution in [0.3, 0.4) is 0 Å². The van der Waals surface area contributed by atoms with Crippen LogP contribution < -0.4 is 0 Å². The predicted octanol–water partition coefficient (Wildman–Crippen LogP) is 3.96. The van der Waals surface area contributed by atoms with Crippen molar-refractivity contribution in [2.45, 2.75) is 46.1 Å². The second-order valence-corrected chi connectivity index (χ2v) is 6.27. The minimum absolute atomic E-state index is 0.0309. The Hall–Kier alpha value is -1.41. The molecule has 0 bridgehead atoms. The van der Waals surface area contributed by atoms with Crippen LogP contribution in [0.1, 0.15) is 39.3 Å². The van der Waals surface area contributed by atoms with Gasteiger partial charge in [-0.05, 0) is 36.8 Å². The zero-order chi connectivity index (χ0) is 13.9. The number of rotatable bonds is 4. The Kier molecular flexibility index (Phi) is 4.20. The molecule has 1 aromatic heterocycles. The highest BCUT2D eigenvalue weighted by Crippen LogP contribution is 2.23. The fourth-order valence-electron chi connectivity index (χ4n) is 2.16. The summed E-state index contributed by atoms with van der Waals surface area (Å²) < 4.78 is 0. The maximum atomic E-state index is 10.0. The molecule has 102 valence electrons. The van der Waals surface area contributed by atoms with Gasteiger partial charge in [0.2, 0.25) is 0 Å². The van der Waals surface area contributed by atoms with Crippen LogP contribution >= 0.6 is 0 Å². The maximum absolute atomic E-state index is 10.0. The summed E-state index contributed by atoms with van der Waals surface area (Å²) in [5.74, 6) is 0. The first-order valence-electron chi connectivity index (χ1n) is 6.99. The molecular formula is C17H23NO. The smallest absolute Gasteiger partial charge is 0.0705 e. The number of aliphatic hydroxyl groups excluding tert-OH is 1. The molecule has 0 radical (unpaired) electrons. The van der Waals surface area contributed by atoms with Gasteiger partial charge in [0.25, 0.3) is 0 Å². The molecule has 19 heavy (non-hydrogen) atoms. The van der Waals surface area contributed by atoms with Gasteiger partial charge < -0.3 is 5.11 Å². The molecule has 1 N–H and O–H groups in total. The van der Waals surface area contributed by atoms with Gasteiger partial charge in [-0.1, -0.05) is 45.0 Å². The number of fused-ring (bicyclic) bond motifs is 1. The maximum Gasteiger partial charge on any atom is 0.0705 e. The van der Waals surface area contributed by atoms with E-state index in [4.69, 9.17) is 0 Å². The van der Waals surface area contributed by atoms with Crippen molar-refractivity contribution in [3.05, 3.63) is 42.1 Å². The Labute approximate surface area is 115 Å². The second-order valence-electron chi connectivity index (χ2n) is 6.27. The van der Waals surface area contributed by atoms with E-state index >= 15 is 0 Å². The van der Waals surface area contributed by atoms with E-state index < -0.39 is 0 Å². The minimum atomic E-state index is -0.243. The molecule has 2 aromatic rings. The number of para-hydroxylation sites is 1. The van der Waals surface area contributed by atoms with E-state index in [1.54, 1.807) is 0 Å². The SMILES string of the molecule is CC(C)(C)C(O)CCCc1ccc2ccccc2n1. The molecule has 0 spiro atoms. The highest BCUT2D eigenvalue weighted by Gasteiger charge is 2.21. The number of hydrogen-bond acceptors (Lipinski definition) is 2. The number of nitrogens with zero attached hydrogens (tertiary/aromatic N) is 1. The third-order valence-electron chi connectivity index (χ3n) is 3.57. The van der Waals surface area contributed by atoms with E-state index in [2.05, 4.69) is 44.0 Å². The number of aromatic nitrogens is 1. The van der Waals surface area contributed by atoms with Crippen molar-refractivity contribution in [2.24, 2.45) is 5.41 Å². The molecule has 1 unspecified atom stereocenters. The first-order chi connectivity index (χ1) is 8.97. The van der Waals surface area contributed by atoms with Crippen molar-refractivity contribution >= 4 is 10.9 Å². The lowest BCUT2D eigenvalue weighted by atomic mass is 9.86. The second kappa shape index (κ2) is 5.70. The Morgan fingerprint density at radius 2 is 1.84 bits per heavy atom. The largest absolute Gasteiger partial charge is 0.393 e. The first-order valence-corrected chi connectivity index (χ1v) is 6.99. The molecule has 1 heterocycles. The van der Waals surface area contributed by atoms with Crippen LogP contribution in [-0.4, -0.2) is 16.2 Å². The van der Waals surface area contributed by atoms with Crippen molar-refractivity contribution in [1.82, 2.24) is 4.98 Å². The zero-order valence-electron chi connectivity index (χ0n) is 12.1. The molecule has 1 atom stereocenters. The van der Waals surface area contributed by atoms with Crippen LogP contribution in [0.15, 0.2) is 36.4 Å². The lowest BCUT2D eigenvalue weighted by Crippen LogP contribution is -2.25. The zero-order valence-corrected chi connectivity index (χ0v) is 12.1. The summed E-state index contributed by atoms with van der Waals surface area (Å²) in [6, 6.07) is 12.4. The first kappa shape index (κ1) is 14.0. The lowest BCUT2D eigenvalue weighted by Gasteiger charge is -2.25. The van der Waals surface area contributed by atoms with Crippen LogP contribution in [0.4, 0.5) is 0 Å². The highest BCUT2D eigenvalue weighted by molar-refractivity contribution is 5.78. The van der Waals surface area contributed by atoms with Gasteiger partial charge in [0.05, 0.1) is 11.6 Å². The Morgan fingerprint density at radius 3 is 2.58 bits per heavy atom. The summed E-state index contributed by atoms with van der Waals surface area (Å²) in [6.07, 6.45) is 2.49. The number of pyridine rings is 1.